The Bertz CT molecular complexity index is 553. The monoisotopic (exact) mass is 339 g/mol. The SMILES string of the molecule is CCNC(CC)c1nnc(-c2cccc(Br)c2C)s1. The molecule has 0 saturated carbocycles. The lowest BCUT2D eigenvalue weighted by molar-refractivity contribution is 0.531. The second kappa shape index (κ2) is 6.59. The third-order valence-corrected chi connectivity index (χ3v) is 5.02. The van der Waals surface area contributed by atoms with Crippen LogP contribution >= 0.6 is 27.3 Å². The molecule has 0 aliphatic heterocycles. The molecule has 1 aromatic carbocycles. The Morgan fingerprint density at radius 2 is 2.11 bits per heavy atom. The molecule has 2 rings (SSSR count). The van der Waals surface area contributed by atoms with Gasteiger partial charge in [0, 0.05) is 10.0 Å². The van der Waals surface area contributed by atoms with Gasteiger partial charge in [-0.1, -0.05) is 53.2 Å². The molecule has 1 heterocycles. The van der Waals surface area contributed by atoms with Crippen LogP contribution in [0.4, 0.5) is 0 Å². The number of hydrogen-bond donors (Lipinski definition) is 1. The van der Waals surface area contributed by atoms with Crippen molar-refractivity contribution in [2.45, 2.75) is 33.2 Å². The molecule has 0 radical (unpaired) electrons. The van der Waals surface area contributed by atoms with E-state index in [2.05, 4.69) is 58.3 Å². The molecule has 1 atom stereocenters. The van der Waals surface area contributed by atoms with Gasteiger partial charge in [-0.2, -0.15) is 0 Å². The number of halogens is 1. The Labute approximate surface area is 126 Å². The molecule has 1 unspecified atom stereocenters. The summed E-state index contributed by atoms with van der Waals surface area (Å²) in [5.41, 5.74) is 2.37. The van der Waals surface area contributed by atoms with E-state index in [1.165, 1.54) is 5.56 Å². The maximum absolute atomic E-state index is 4.35. The molecule has 0 fully saturated rings. The highest BCUT2D eigenvalue weighted by Crippen LogP contribution is 2.32. The van der Waals surface area contributed by atoms with E-state index in [-0.39, 0.29) is 0 Å². The predicted molar refractivity (Wildman–Crippen MR) is 84.5 cm³/mol. The van der Waals surface area contributed by atoms with Crippen molar-refractivity contribution in [3.05, 3.63) is 33.2 Å². The summed E-state index contributed by atoms with van der Waals surface area (Å²) in [5.74, 6) is 0. The molecule has 0 spiro atoms. The minimum absolute atomic E-state index is 0.309. The van der Waals surface area contributed by atoms with Crippen LogP contribution in [-0.2, 0) is 0 Å². The molecule has 1 aromatic heterocycles. The van der Waals surface area contributed by atoms with Crippen LogP contribution in [0.2, 0.25) is 0 Å². The van der Waals surface area contributed by atoms with Gasteiger partial charge in [0.05, 0.1) is 6.04 Å². The number of hydrogen-bond acceptors (Lipinski definition) is 4. The Morgan fingerprint density at radius 1 is 1.32 bits per heavy atom. The zero-order chi connectivity index (χ0) is 13.8. The van der Waals surface area contributed by atoms with Crippen LogP contribution in [0.1, 0.15) is 36.9 Å². The molecule has 0 aliphatic carbocycles. The number of nitrogens with zero attached hydrogens (tertiary/aromatic N) is 2. The van der Waals surface area contributed by atoms with Crippen molar-refractivity contribution in [3.63, 3.8) is 0 Å². The average molecular weight is 340 g/mol. The average Bonchev–Trinajstić information content (AvgIpc) is 2.88. The van der Waals surface area contributed by atoms with Gasteiger partial charge < -0.3 is 5.32 Å². The Balaban J connectivity index is 2.32. The van der Waals surface area contributed by atoms with Crippen molar-refractivity contribution < 1.29 is 0 Å². The van der Waals surface area contributed by atoms with E-state index in [4.69, 9.17) is 0 Å². The zero-order valence-electron chi connectivity index (χ0n) is 11.4. The summed E-state index contributed by atoms with van der Waals surface area (Å²) in [5, 5.41) is 14.2. The molecule has 102 valence electrons. The number of nitrogens with one attached hydrogen (secondary N) is 1. The van der Waals surface area contributed by atoms with Crippen LogP contribution in [0.5, 0.6) is 0 Å². The molecule has 0 amide bonds. The molecule has 5 heteroatoms. The fourth-order valence-electron chi connectivity index (χ4n) is 1.98. The molecule has 0 bridgehead atoms. The molecular weight excluding hydrogens is 322 g/mol. The maximum atomic E-state index is 4.35. The fraction of sp³-hybridized carbons (Fsp3) is 0.429. The maximum Gasteiger partial charge on any atom is 0.148 e. The molecule has 1 N–H and O–H groups in total. The highest BCUT2D eigenvalue weighted by atomic mass is 79.9. The largest absolute Gasteiger partial charge is 0.308 e. The normalized spacial score (nSPS) is 12.6. The predicted octanol–water partition coefficient (Wildman–Crippen LogP) is 4.34. The van der Waals surface area contributed by atoms with E-state index >= 15 is 0 Å². The third-order valence-electron chi connectivity index (χ3n) is 3.10. The van der Waals surface area contributed by atoms with Crippen LogP contribution < -0.4 is 5.32 Å². The zero-order valence-corrected chi connectivity index (χ0v) is 13.8. The lowest BCUT2D eigenvalue weighted by atomic mass is 10.1. The van der Waals surface area contributed by atoms with E-state index < -0.39 is 0 Å². The highest BCUT2D eigenvalue weighted by molar-refractivity contribution is 9.10. The lowest BCUT2D eigenvalue weighted by Gasteiger charge is -2.11. The number of benzene rings is 1. The smallest absolute Gasteiger partial charge is 0.148 e. The summed E-state index contributed by atoms with van der Waals surface area (Å²) in [6.07, 6.45) is 1.03. The second-order valence-electron chi connectivity index (χ2n) is 4.38. The highest BCUT2D eigenvalue weighted by Gasteiger charge is 2.16. The van der Waals surface area contributed by atoms with E-state index in [9.17, 15) is 0 Å². The van der Waals surface area contributed by atoms with Crippen molar-refractivity contribution in [1.29, 1.82) is 0 Å². The van der Waals surface area contributed by atoms with Gasteiger partial charge in [-0.05, 0) is 31.5 Å². The summed E-state index contributed by atoms with van der Waals surface area (Å²) < 4.78 is 1.11. The van der Waals surface area contributed by atoms with Crippen molar-refractivity contribution in [1.82, 2.24) is 15.5 Å². The van der Waals surface area contributed by atoms with Gasteiger partial charge in [-0.3, -0.25) is 0 Å². The number of rotatable bonds is 5. The van der Waals surface area contributed by atoms with Crippen molar-refractivity contribution in [2.24, 2.45) is 0 Å². The minimum Gasteiger partial charge on any atom is -0.308 e. The third kappa shape index (κ3) is 3.22. The molecule has 19 heavy (non-hydrogen) atoms. The molecule has 0 saturated heterocycles. The van der Waals surface area contributed by atoms with Crippen LogP contribution in [0, 0.1) is 6.92 Å². The summed E-state index contributed by atoms with van der Waals surface area (Å²) >= 11 is 5.24. The van der Waals surface area contributed by atoms with E-state index in [0.717, 1.165) is 33.0 Å². The van der Waals surface area contributed by atoms with Crippen molar-refractivity contribution in [2.75, 3.05) is 6.54 Å². The second-order valence-corrected chi connectivity index (χ2v) is 6.24. The van der Waals surface area contributed by atoms with Crippen LogP contribution in [-0.4, -0.2) is 16.7 Å². The van der Waals surface area contributed by atoms with Crippen LogP contribution in [0.25, 0.3) is 10.6 Å². The summed E-state index contributed by atoms with van der Waals surface area (Å²) in [6, 6.07) is 6.49. The minimum atomic E-state index is 0.309. The molecule has 3 nitrogen and oxygen atoms in total. The first-order valence-corrected chi connectivity index (χ1v) is 8.10. The Kier molecular flexibility index (Phi) is 5.07. The van der Waals surface area contributed by atoms with Gasteiger partial charge in [0.25, 0.3) is 0 Å². The Morgan fingerprint density at radius 3 is 2.79 bits per heavy atom. The number of aromatic nitrogens is 2. The first kappa shape index (κ1) is 14.6. The molecule has 0 aliphatic rings. The van der Waals surface area contributed by atoms with Gasteiger partial charge >= 0.3 is 0 Å². The quantitative estimate of drug-likeness (QED) is 0.880. The topological polar surface area (TPSA) is 37.8 Å². The van der Waals surface area contributed by atoms with Gasteiger partial charge in [-0.15, -0.1) is 10.2 Å². The summed E-state index contributed by atoms with van der Waals surface area (Å²) in [7, 11) is 0. The standard InChI is InChI=1S/C14H18BrN3S/c1-4-12(16-5-2)14-18-17-13(19-14)10-7-6-8-11(15)9(10)3/h6-8,12,16H,4-5H2,1-3H3. The van der Waals surface area contributed by atoms with Gasteiger partial charge in [0.1, 0.15) is 10.0 Å². The molecular formula is C14H18BrN3S. The summed E-state index contributed by atoms with van der Waals surface area (Å²) in [4.78, 5) is 0. The fourth-order valence-corrected chi connectivity index (χ4v) is 3.43. The van der Waals surface area contributed by atoms with Crippen LogP contribution in [0.15, 0.2) is 22.7 Å². The van der Waals surface area contributed by atoms with E-state index in [1.54, 1.807) is 11.3 Å². The van der Waals surface area contributed by atoms with E-state index in [0.29, 0.717) is 6.04 Å². The van der Waals surface area contributed by atoms with Gasteiger partial charge in [-0.25, -0.2) is 0 Å². The first-order chi connectivity index (χ1) is 9.17. The lowest BCUT2D eigenvalue weighted by Crippen LogP contribution is -2.19. The summed E-state index contributed by atoms with van der Waals surface area (Å²) in [6.45, 7) is 7.33. The van der Waals surface area contributed by atoms with Crippen LogP contribution in [0.3, 0.4) is 0 Å². The van der Waals surface area contributed by atoms with Gasteiger partial charge in [0.15, 0.2) is 0 Å². The van der Waals surface area contributed by atoms with Crippen molar-refractivity contribution in [3.8, 4) is 10.6 Å². The Hall–Kier alpha value is -0.780. The van der Waals surface area contributed by atoms with E-state index in [1.807, 2.05) is 12.1 Å². The van der Waals surface area contributed by atoms with Crippen molar-refractivity contribution >= 4 is 27.3 Å². The van der Waals surface area contributed by atoms with Gasteiger partial charge in [0.2, 0.25) is 0 Å². The molecule has 2 aromatic rings. The first-order valence-electron chi connectivity index (χ1n) is 6.49.